The molecule has 1 aromatic heterocycles. The molecule has 0 spiro atoms. The second-order valence-electron chi connectivity index (χ2n) is 5.81. The lowest BCUT2D eigenvalue weighted by Gasteiger charge is -2.29. The Labute approximate surface area is 147 Å². The summed E-state index contributed by atoms with van der Waals surface area (Å²) in [7, 11) is 0. The summed E-state index contributed by atoms with van der Waals surface area (Å²) in [5.74, 6) is -0.809. The summed E-state index contributed by atoms with van der Waals surface area (Å²) >= 11 is 2.28. The van der Waals surface area contributed by atoms with Crippen LogP contribution in [0.5, 0.6) is 0 Å². The average Bonchev–Trinajstić information content (AvgIpc) is 2.92. The van der Waals surface area contributed by atoms with Crippen molar-refractivity contribution in [3.8, 4) is 0 Å². The average molecular weight is 418 g/mol. The van der Waals surface area contributed by atoms with Crippen LogP contribution in [0, 0.1) is 3.57 Å². The first-order valence-corrected chi connectivity index (χ1v) is 8.55. The van der Waals surface area contributed by atoms with Crippen molar-refractivity contribution < 1.29 is 9.90 Å². The van der Waals surface area contributed by atoms with Gasteiger partial charge in [0.1, 0.15) is 6.04 Å². The lowest BCUT2D eigenvalue weighted by Crippen LogP contribution is -2.44. The number of benzene rings is 2. The number of carboxylic acid groups (broad SMARTS) is 1. The van der Waals surface area contributed by atoms with Crippen molar-refractivity contribution in [2.24, 2.45) is 0 Å². The molecule has 0 fully saturated rings. The summed E-state index contributed by atoms with van der Waals surface area (Å²) in [4.78, 5) is 15.1. The molecule has 1 aliphatic rings. The van der Waals surface area contributed by atoms with Gasteiger partial charge < -0.3 is 10.1 Å². The van der Waals surface area contributed by atoms with Gasteiger partial charge in [-0.1, -0.05) is 30.3 Å². The van der Waals surface area contributed by atoms with E-state index in [0.29, 0.717) is 6.42 Å². The van der Waals surface area contributed by atoms with Crippen LogP contribution in [-0.2, 0) is 11.2 Å². The van der Waals surface area contributed by atoms with Crippen LogP contribution in [0.4, 0.5) is 0 Å². The van der Waals surface area contributed by atoms with Gasteiger partial charge in [0, 0.05) is 26.6 Å². The van der Waals surface area contributed by atoms with E-state index >= 15 is 0 Å². The molecule has 0 aliphatic carbocycles. The van der Waals surface area contributed by atoms with Gasteiger partial charge in [0.15, 0.2) is 0 Å². The van der Waals surface area contributed by atoms with E-state index in [1.54, 1.807) is 0 Å². The number of carbonyl (C=O) groups is 1. The largest absolute Gasteiger partial charge is 0.480 e. The fraction of sp³-hybridized carbons (Fsp3) is 0.167. The number of fused-ring (bicyclic) bond motifs is 3. The van der Waals surface area contributed by atoms with Crippen molar-refractivity contribution in [2.45, 2.75) is 18.5 Å². The number of hydrogen-bond acceptors (Lipinski definition) is 2. The van der Waals surface area contributed by atoms with Gasteiger partial charge in [0.2, 0.25) is 0 Å². The number of aromatic amines is 1. The normalized spacial score (nSPS) is 20.4. The maximum atomic E-state index is 11.6. The summed E-state index contributed by atoms with van der Waals surface area (Å²) < 4.78 is 1.14. The van der Waals surface area contributed by atoms with E-state index < -0.39 is 12.0 Å². The molecule has 0 amide bonds. The molecule has 0 radical (unpaired) electrons. The maximum Gasteiger partial charge on any atom is 0.321 e. The molecular formula is C18H15IN2O2. The van der Waals surface area contributed by atoms with Crippen LogP contribution < -0.4 is 5.32 Å². The zero-order valence-corrected chi connectivity index (χ0v) is 14.4. The quantitative estimate of drug-likeness (QED) is 0.559. The maximum absolute atomic E-state index is 11.6. The number of carboxylic acids is 1. The van der Waals surface area contributed by atoms with Gasteiger partial charge in [-0.25, -0.2) is 0 Å². The van der Waals surface area contributed by atoms with Crippen LogP contribution in [0.2, 0.25) is 0 Å². The molecule has 4 rings (SSSR count). The number of rotatable bonds is 2. The molecule has 0 unspecified atom stereocenters. The van der Waals surface area contributed by atoms with Gasteiger partial charge in [-0.3, -0.25) is 10.1 Å². The van der Waals surface area contributed by atoms with Gasteiger partial charge in [-0.15, -0.1) is 0 Å². The summed E-state index contributed by atoms with van der Waals surface area (Å²) in [5, 5.41) is 13.9. The predicted octanol–water partition coefficient (Wildman–Crippen LogP) is 3.46. The molecule has 0 saturated carbocycles. The molecule has 3 N–H and O–H groups in total. The van der Waals surface area contributed by atoms with Crippen LogP contribution in [0.1, 0.15) is 22.9 Å². The molecule has 5 heteroatoms. The van der Waals surface area contributed by atoms with Crippen molar-refractivity contribution in [1.82, 2.24) is 10.3 Å². The highest BCUT2D eigenvalue weighted by molar-refractivity contribution is 14.1. The summed E-state index contributed by atoms with van der Waals surface area (Å²) in [6.07, 6.45) is 0.495. The fourth-order valence-electron chi connectivity index (χ4n) is 3.34. The fourth-order valence-corrected chi connectivity index (χ4v) is 3.91. The van der Waals surface area contributed by atoms with Crippen molar-refractivity contribution >= 4 is 39.5 Å². The van der Waals surface area contributed by atoms with Gasteiger partial charge in [0.05, 0.1) is 6.04 Å². The minimum absolute atomic E-state index is 0.137. The summed E-state index contributed by atoms with van der Waals surface area (Å²) in [5.41, 5.74) is 4.32. The van der Waals surface area contributed by atoms with E-state index in [-0.39, 0.29) is 6.04 Å². The molecule has 2 heterocycles. The Hall–Kier alpha value is -1.86. The molecule has 4 nitrogen and oxygen atoms in total. The van der Waals surface area contributed by atoms with E-state index in [0.717, 1.165) is 31.3 Å². The van der Waals surface area contributed by atoms with E-state index in [9.17, 15) is 9.90 Å². The minimum Gasteiger partial charge on any atom is -0.480 e. The molecule has 3 aromatic rings. The Kier molecular flexibility index (Phi) is 3.61. The lowest BCUT2D eigenvalue weighted by molar-refractivity contribution is -0.139. The van der Waals surface area contributed by atoms with E-state index in [1.165, 1.54) is 0 Å². The van der Waals surface area contributed by atoms with Crippen molar-refractivity contribution in [2.75, 3.05) is 0 Å². The molecule has 2 aromatic carbocycles. The zero-order chi connectivity index (χ0) is 16.0. The Morgan fingerprint density at radius 3 is 2.78 bits per heavy atom. The van der Waals surface area contributed by atoms with Crippen molar-refractivity contribution in [3.05, 3.63) is 68.9 Å². The van der Waals surface area contributed by atoms with Crippen molar-refractivity contribution in [1.29, 1.82) is 0 Å². The molecule has 23 heavy (non-hydrogen) atoms. The van der Waals surface area contributed by atoms with Gasteiger partial charge in [-0.05, 0) is 51.9 Å². The van der Waals surface area contributed by atoms with E-state index in [2.05, 4.69) is 45.0 Å². The third-order valence-corrected chi connectivity index (χ3v) is 5.06. The third-order valence-electron chi connectivity index (χ3n) is 4.39. The molecule has 0 bridgehead atoms. The van der Waals surface area contributed by atoms with Gasteiger partial charge in [0.25, 0.3) is 0 Å². The van der Waals surface area contributed by atoms with Crippen molar-refractivity contribution in [3.63, 3.8) is 0 Å². The highest BCUT2D eigenvalue weighted by Gasteiger charge is 2.33. The number of halogens is 1. The first-order valence-electron chi connectivity index (χ1n) is 7.47. The van der Waals surface area contributed by atoms with Gasteiger partial charge in [-0.2, -0.15) is 0 Å². The molecular weight excluding hydrogens is 403 g/mol. The number of nitrogens with one attached hydrogen (secondary N) is 2. The Morgan fingerprint density at radius 2 is 2.00 bits per heavy atom. The minimum atomic E-state index is -0.809. The van der Waals surface area contributed by atoms with Crippen LogP contribution in [0.25, 0.3) is 10.9 Å². The first-order chi connectivity index (χ1) is 11.1. The number of aliphatic carboxylic acids is 1. The number of para-hydroxylation sites is 1. The number of H-pyrrole nitrogens is 1. The standard InChI is InChI=1S/C18H15IN2O2/c19-11-5-3-4-10(8-11)16-17-13(9-15(21-16)18(22)23)12-6-1-2-7-14(12)20-17/h1-8,15-16,20-21H,9H2,(H,22,23)/t15-,16-/m0/s1. The third kappa shape index (κ3) is 2.53. The smallest absolute Gasteiger partial charge is 0.321 e. The van der Waals surface area contributed by atoms with Crippen LogP contribution in [0.15, 0.2) is 48.5 Å². The first kappa shape index (κ1) is 14.7. The van der Waals surface area contributed by atoms with E-state index in [4.69, 9.17) is 0 Å². The van der Waals surface area contributed by atoms with Crippen LogP contribution in [-0.4, -0.2) is 22.1 Å². The zero-order valence-electron chi connectivity index (χ0n) is 12.2. The SMILES string of the molecule is O=C(O)[C@@H]1Cc2c([nH]c3ccccc23)[C@H](c2cccc(I)c2)N1. The van der Waals surface area contributed by atoms with Crippen LogP contribution >= 0.6 is 22.6 Å². The Morgan fingerprint density at radius 1 is 1.17 bits per heavy atom. The Bertz CT molecular complexity index is 903. The predicted molar refractivity (Wildman–Crippen MR) is 97.6 cm³/mol. The highest BCUT2D eigenvalue weighted by Crippen LogP contribution is 2.35. The second kappa shape index (κ2) is 5.65. The monoisotopic (exact) mass is 418 g/mol. The summed E-state index contributed by atoms with van der Waals surface area (Å²) in [6, 6.07) is 15.5. The molecule has 2 atom stereocenters. The topological polar surface area (TPSA) is 65.1 Å². The molecule has 0 saturated heterocycles. The van der Waals surface area contributed by atoms with Crippen LogP contribution in [0.3, 0.4) is 0 Å². The Balaban J connectivity index is 1.91. The van der Waals surface area contributed by atoms with Gasteiger partial charge >= 0.3 is 5.97 Å². The molecule has 1 aliphatic heterocycles. The van der Waals surface area contributed by atoms with E-state index in [1.807, 2.05) is 36.4 Å². The number of aromatic nitrogens is 1. The second-order valence-corrected chi connectivity index (χ2v) is 7.06. The lowest BCUT2D eigenvalue weighted by atomic mass is 9.90. The number of hydrogen-bond donors (Lipinski definition) is 3. The molecule has 116 valence electrons. The highest BCUT2D eigenvalue weighted by atomic mass is 127. The summed E-state index contributed by atoms with van der Waals surface area (Å²) in [6.45, 7) is 0.